The van der Waals surface area contributed by atoms with Crippen LogP contribution in [0.1, 0.15) is 28.8 Å². The second kappa shape index (κ2) is 6.93. The number of para-hydroxylation sites is 1. The molecule has 0 spiro atoms. The van der Waals surface area contributed by atoms with Gasteiger partial charge in [-0.2, -0.15) is 4.31 Å². The summed E-state index contributed by atoms with van der Waals surface area (Å²) in [7, 11) is -3.61. The summed E-state index contributed by atoms with van der Waals surface area (Å²) in [5.41, 5.74) is 0.887. The summed E-state index contributed by atoms with van der Waals surface area (Å²) in [6, 6.07) is 10.3. The van der Waals surface area contributed by atoms with Crippen molar-refractivity contribution in [2.45, 2.75) is 24.7 Å². The second-order valence-corrected chi connectivity index (χ2v) is 7.96. The molecule has 2 aromatic rings. The predicted octanol–water partition coefficient (Wildman–Crippen LogP) is 3.17. The van der Waals surface area contributed by atoms with E-state index < -0.39 is 21.7 Å². The molecule has 1 aliphatic rings. The van der Waals surface area contributed by atoms with Gasteiger partial charge in [0.2, 0.25) is 10.0 Å². The highest BCUT2D eigenvalue weighted by Gasteiger charge is 2.28. The number of halogens is 1. The molecule has 1 fully saturated rings. The highest BCUT2D eigenvalue weighted by molar-refractivity contribution is 7.89. The van der Waals surface area contributed by atoms with Crippen LogP contribution in [-0.4, -0.2) is 31.7 Å². The van der Waals surface area contributed by atoms with Crippen molar-refractivity contribution in [3.8, 4) is 0 Å². The first kappa shape index (κ1) is 17.6. The lowest BCUT2D eigenvalue weighted by molar-refractivity contribution is 0.102. The van der Waals surface area contributed by atoms with Gasteiger partial charge >= 0.3 is 0 Å². The van der Waals surface area contributed by atoms with E-state index in [1.54, 1.807) is 19.1 Å². The first-order valence-electron chi connectivity index (χ1n) is 8.06. The van der Waals surface area contributed by atoms with Crippen LogP contribution < -0.4 is 5.32 Å². The van der Waals surface area contributed by atoms with Crippen molar-refractivity contribution in [2.75, 3.05) is 18.4 Å². The van der Waals surface area contributed by atoms with Gasteiger partial charge in [-0.05, 0) is 49.6 Å². The van der Waals surface area contributed by atoms with E-state index in [0.29, 0.717) is 18.7 Å². The van der Waals surface area contributed by atoms with Crippen LogP contribution >= 0.6 is 0 Å². The summed E-state index contributed by atoms with van der Waals surface area (Å²) in [5.74, 6) is -1.09. The van der Waals surface area contributed by atoms with E-state index in [1.807, 2.05) is 0 Å². The summed E-state index contributed by atoms with van der Waals surface area (Å²) in [6.45, 7) is 2.70. The Hall–Kier alpha value is -2.25. The minimum atomic E-state index is -3.61. The van der Waals surface area contributed by atoms with Crippen LogP contribution in [0.2, 0.25) is 0 Å². The van der Waals surface area contributed by atoms with E-state index in [4.69, 9.17) is 0 Å². The fraction of sp³-hybridized carbons (Fsp3) is 0.278. The maximum absolute atomic E-state index is 13.7. The van der Waals surface area contributed by atoms with Crippen LogP contribution in [0.25, 0.3) is 0 Å². The number of anilines is 1. The standard InChI is InChI=1S/C18H19FN2O3S/c1-13-8-9-14(25(23,24)21-10-4-5-11-21)12-15(13)18(22)20-17-7-3-2-6-16(17)19/h2-3,6-9,12H,4-5,10-11H2,1H3,(H,20,22). The number of aryl methyl sites for hydroxylation is 1. The normalized spacial score (nSPS) is 15.3. The third kappa shape index (κ3) is 3.57. The number of hydrogen-bond acceptors (Lipinski definition) is 3. The SMILES string of the molecule is Cc1ccc(S(=O)(=O)N2CCCC2)cc1C(=O)Nc1ccccc1F. The van der Waals surface area contributed by atoms with Crippen LogP contribution in [0, 0.1) is 12.7 Å². The van der Waals surface area contributed by atoms with E-state index >= 15 is 0 Å². The summed E-state index contributed by atoms with van der Waals surface area (Å²) in [4.78, 5) is 12.6. The molecule has 5 nitrogen and oxygen atoms in total. The number of nitrogens with zero attached hydrogens (tertiary/aromatic N) is 1. The smallest absolute Gasteiger partial charge is 0.256 e. The third-order valence-corrected chi connectivity index (χ3v) is 6.17. The zero-order chi connectivity index (χ0) is 18.0. The van der Waals surface area contributed by atoms with Crippen molar-refractivity contribution < 1.29 is 17.6 Å². The van der Waals surface area contributed by atoms with Crippen molar-refractivity contribution >= 4 is 21.6 Å². The Kier molecular flexibility index (Phi) is 4.87. The molecular weight excluding hydrogens is 343 g/mol. The number of hydrogen-bond donors (Lipinski definition) is 1. The average Bonchev–Trinajstić information content (AvgIpc) is 3.12. The van der Waals surface area contributed by atoms with Crippen molar-refractivity contribution in [1.29, 1.82) is 0 Å². The predicted molar refractivity (Wildman–Crippen MR) is 93.5 cm³/mol. The monoisotopic (exact) mass is 362 g/mol. The lowest BCUT2D eigenvalue weighted by atomic mass is 10.1. The summed E-state index contributed by atoms with van der Waals surface area (Å²) in [6.07, 6.45) is 1.68. The Morgan fingerprint density at radius 2 is 1.80 bits per heavy atom. The molecular formula is C18H19FN2O3S. The molecule has 2 aromatic carbocycles. The van der Waals surface area contributed by atoms with E-state index in [2.05, 4.69) is 5.32 Å². The van der Waals surface area contributed by atoms with Crippen LogP contribution in [0.15, 0.2) is 47.4 Å². The second-order valence-electron chi connectivity index (χ2n) is 6.02. The molecule has 0 aliphatic carbocycles. The maximum Gasteiger partial charge on any atom is 0.256 e. The molecule has 0 unspecified atom stereocenters. The molecule has 0 atom stereocenters. The number of carbonyl (C=O) groups is 1. The maximum atomic E-state index is 13.7. The minimum Gasteiger partial charge on any atom is -0.319 e. The Bertz CT molecular complexity index is 906. The zero-order valence-corrected chi connectivity index (χ0v) is 14.6. The quantitative estimate of drug-likeness (QED) is 0.908. The van der Waals surface area contributed by atoms with Gasteiger partial charge in [0.1, 0.15) is 5.82 Å². The molecule has 7 heteroatoms. The lowest BCUT2D eigenvalue weighted by Gasteiger charge is -2.17. The highest BCUT2D eigenvalue weighted by Crippen LogP contribution is 2.24. The van der Waals surface area contributed by atoms with Crippen molar-refractivity contribution in [2.24, 2.45) is 0 Å². The first-order valence-corrected chi connectivity index (χ1v) is 9.50. The van der Waals surface area contributed by atoms with E-state index in [1.165, 1.54) is 34.6 Å². The van der Waals surface area contributed by atoms with Gasteiger partial charge < -0.3 is 5.32 Å². The third-order valence-electron chi connectivity index (χ3n) is 4.28. The molecule has 1 saturated heterocycles. The Morgan fingerprint density at radius 1 is 1.12 bits per heavy atom. The van der Waals surface area contributed by atoms with Crippen LogP contribution in [0.3, 0.4) is 0 Å². The zero-order valence-electron chi connectivity index (χ0n) is 13.8. The van der Waals surface area contributed by atoms with E-state index in [0.717, 1.165) is 12.8 Å². The average molecular weight is 362 g/mol. The van der Waals surface area contributed by atoms with Gasteiger partial charge in [-0.15, -0.1) is 0 Å². The van der Waals surface area contributed by atoms with E-state index in [9.17, 15) is 17.6 Å². The number of benzene rings is 2. The number of carbonyl (C=O) groups excluding carboxylic acids is 1. The van der Waals surface area contributed by atoms with Gasteiger partial charge in [0.15, 0.2) is 0 Å². The molecule has 1 aliphatic heterocycles. The molecule has 0 radical (unpaired) electrons. The number of nitrogens with one attached hydrogen (secondary N) is 1. The van der Waals surface area contributed by atoms with Gasteiger partial charge in [-0.3, -0.25) is 4.79 Å². The Balaban J connectivity index is 1.91. The van der Waals surface area contributed by atoms with E-state index in [-0.39, 0.29) is 16.1 Å². The number of sulfonamides is 1. The van der Waals surface area contributed by atoms with Crippen LogP contribution in [0.4, 0.5) is 10.1 Å². The summed E-state index contributed by atoms with van der Waals surface area (Å²) >= 11 is 0. The molecule has 3 rings (SSSR count). The number of rotatable bonds is 4. The van der Waals surface area contributed by atoms with Crippen molar-refractivity contribution in [1.82, 2.24) is 4.31 Å². The highest BCUT2D eigenvalue weighted by atomic mass is 32.2. The van der Waals surface area contributed by atoms with Crippen molar-refractivity contribution in [3.05, 3.63) is 59.4 Å². The molecule has 0 saturated carbocycles. The minimum absolute atomic E-state index is 0.0553. The lowest BCUT2D eigenvalue weighted by Crippen LogP contribution is -2.28. The van der Waals surface area contributed by atoms with Gasteiger partial charge in [-0.25, -0.2) is 12.8 Å². The Morgan fingerprint density at radius 3 is 2.48 bits per heavy atom. The van der Waals surface area contributed by atoms with Gasteiger partial charge in [0.05, 0.1) is 10.6 Å². The summed E-state index contributed by atoms with van der Waals surface area (Å²) in [5, 5.41) is 2.49. The van der Waals surface area contributed by atoms with Crippen molar-refractivity contribution in [3.63, 3.8) is 0 Å². The van der Waals surface area contributed by atoms with Gasteiger partial charge in [0, 0.05) is 18.7 Å². The summed E-state index contributed by atoms with van der Waals surface area (Å²) < 4.78 is 40.5. The first-order chi connectivity index (χ1) is 11.9. The largest absolute Gasteiger partial charge is 0.319 e. The molecule has 132 valence electrons. The van der Waals surface area contributed by atoms with Gasteiger partial charge in [-0.1, -0.05) is 18.2 Å². The topological polar surface area (TPSA) is 66.5 Å². The van der Waals surface area contributed by atoms with Crippen LogP contribution in [0.5, 0.6) is 0 Å². The molecule has 1 amide bonds. The fourth-order valence-electron chi connectivity index (χ4n) is 2.84. The fourth-order valence-corrected chi connectivity index (χ4v) is 4.38. The molecule has 1 heterocycles. The molecule has 25 heavy (non-hydrogen) atoms. The molecule has 0 aromatic heterocycles. The molecule has 1 N–H and O–H groups in total. The van der Waals surface area contributed by atoms with Gasteiger partial charge in [0.25, 0.3) is 5.91 Å². The Labute approximate surface area is 146 Å². The van der Waals surface area contributed by atoms with Crippen LogP contribution in [-0.2, 0) is 10.0 Å². The number of amides is 1. The molecule has 0 bridgehead atoms.